The van der Waals surface area contributed by atoms with E-state index in [1.54, 1.807) is 18.2 Å². The number of fused-ring (bicyclic) bond motifs is 1. The number of piperidine rings is 1. The first-order valence-electron chi connectivity index (χ1n) is 11.6. The summed E-state index contributed by atoms with van der Waals surface area (Å²) in [5.41, 5.74) is 2.64. The first kappa shape index (κ1) is 23.4. The molecule has 0 unspecified atom stereocenters. The Morgan fingerprint density at radius 2 is 1.82 bits per heavy atom. The van der Waals surface area contributed by atoms with Gasteiger partial charge in [-0.15, -0.1) is 0 Å². The lowest BCUT2D eigenvalue weighted by atomic mass is 9.96. The number of rotatable bonds is 6. The number of nitrogens with zero attached hydrogens (tertiary/aromatic N) is 2. The number of nitrogens with one attached hydrogen (secondary N) is 1. The molecule has 0 aromatic heterocycles. The molecule has 33 heavy (non-hydrogen) atoms. The zero-order chi connectivity index (χ0) is 23.4. The third-order valence-electron chi connectivity index (χ3n) is 6.55. The van der Waals surface area contributed by atoms with Gasteiger partial charge in [-0.1, -0.05) is 30.3 Å². The fourth-order valence-corrected chi connectivity index (χ4v) is 6.13. The molecule has 0 radical (unpaired) electrons. The van der Waals surface area contributed by atoms with Crippen molar-refractivity contribution in [2.24, 2.45) is 5.92 Å². The van der Waals surface area contributed by atoms with Gasteiger partial charge in [-0.25, -0.2) is 8.42 Å². The quantitative estimate of drug-likeness (QED) is 0.702. The largest absolute Gasteiger partial charge is 0.338 e. The highest BCUT2D eigenvalue weighted by atomic mass is 32.2. The van der Waals surface area contributed by atoms with Crippen LogP contribution in [-0.4, -0.2) is 49.1 Å². The molecule has 2 aromatic rings. The van der Waals surface area contributed by atoms with Crippen molar-refractivity contribution in [3.8, 4) is 0 Å². The minimum absolute atomic E-state index is 0.0375. The van der Waals surface area contributed by atoms with Crippen molar-refractivity contribution in [1.29, 1.82) is 0 Å². The van der Waals surface area contributed by atoms with Crippen LogP contribution in [-0.2, 0) is 32.6 Å². The molecule has 0 spiro atoms. The van der Waals surface area contributed by atoms with Gasteiger partial charge in [-0.2, -0.15) is 4.31 Å². The molecule has 2 aliphatic rings. The van der Waals surface area contributed by atoms with Gasteiger partial charge in [0.15, 0.2) is 0 Å². The Balaban J connectivity index is 1.41. The van der Waals surface area contributed by atoms with E-state index in [4.69, 9.17) is 0 Å². The summed E-state index contributed by atoms with van der Waals surface area (Å²) in [7, 11) is -3.65. The molecular formula is C25H31N3O4S. The first-order chi connectivity index (χ1) is 15.9. The fourth-order valence-electron chi connectivity index (χ4n) is 4.61. The van der Waals surface area contributed by atoms with Crippen LogP contribution in [0.5, 0.6) is 0 Å². The van der Waals surface area contributed by atoms with Gasteiger partial charge in [-0.3, -0.25) is 9.59 Å². The second-order valence-electron chi connectivity index (χ2n) is 8.74. The summed E-state index contributed by atoms with van der Waals surface area (Å²) in [6, 6.07) is 14.8. The Morgan fingerprint density at radius 1 is 1.09 bits per heavy atom. The summed E-state index contributed by atoms with van der Waals surface area (Å²) in [6.45, 7) is 3.82. The first-order valence-corrected chi connectivity index (χ1v) is 13.1. The number of hydrogen-bond donors (Lipinski definition) is 1. The SMILES string of the molecule is CCN(Cc1ccccc1)C(=O)C1CCN(S(=O)(=O)c2ccc3c(c2)CCCC(=O)N3)CC1. The summed E-state index contributed by atoms with van der Waals surface area (Å²) in [5.74, 6) is -0.106. The zero-order valence-electron chi connectivity index (χ0n) is 19.0. The van der Waals surface area contributed by atoms with Crippen LogP contribution in [0.25, 0.3) is 0 Å². The van der Waals surface area contributed by atoms with E-state index in [-0.39, 0.29) is 22.6 Å². The molecule has 2 amide bonds. The lowest BCUT2D eigenvalue weighted by Crippen LogP contribution is -2.44. The maximum atomic E-state index is 13.3. The molecule has 0 saturated carbocycles. The Labute approximate surface area is 195 Å². The molecule has 1 fully saturated rings. The molecule has 0 aliphatic carbocycles. The molecule has 4 rings (SSSR count). The van der Waals surface area contributed by atoms with Crippen LogP contribution in [0.2, 0.25) is 0 Å². The summed E-state index contributed by atoms with van der Waals surface area (Å²) in [5, 5.41) is 2.84. The van der Waals surface area contributed by atoms with E-state index in [1.165, 1.54) is 4.31 Å². The van der Waals surface area contributed by atoms with E-state index in [0.717, 1.165) is 11.1 Å². The van der Waals surface area contributed by atoms with E-state index < -0.39 is 10.0 Å². The number of carbonyl (C=O) groups is 2. The third kappa shape index (κ3) is 5.28. The summed E-state index contributed by atoms with van der Waals surface area (Å²) in [6.07, 6.45) is 2.85. The van der Waals surface area contributed by atoms with E-state index in [1.807, 2.05) is 42.2 Å². The molecule has 0 bridgehead atoms. The van der Waals surface area contributed by atoms with Crippen molar-refractivity contribution >= 4 is 27.5 Å². The number of amides is 2. The van der Waals surface area contributed by atoms with Crippen LogP contribution in [0.4, 0.5) is 5.69 Å². The summed E-state index contributed by atoms with van der Waals surface area (Å²) in [4.78, 5) is 27.0. The number of sulfonamides is 1. The van der Waals surface area contributed by atoms with Gasteiger partial charge in [0, 0.05) is 44.2 Å². The Hall–Kier alpha value is -2.71. The Morgan fingerprint density at radius 3 is 2.52 bits per heavy atom. The average Bonchev–Trinajstić information content (AvgIpc) is 3.02. The molecule has 8 heteroatoms. The van der Waals surface area contributed by atoms with Gasteiger partial charge in [0.25, 0.3) is 0 Å². The summed E-state index contributed by atoms with van der Waals surface area (Å²) < 4.78 is 28.0. The molecular weight excluding hydrogens is 438 g/mol. The zero-order valence-corrected chi connectivity index (χ0v) is 19.8. The van der Waals surface area contributed by atoms with Crippen LogP contribution in [0, 0.1) is 5.92 Å². The van der Waals surface area contributed by atoms with Gasteiger partial charge in [0.2, 0.25) is 21.8 Å². The summed E-state index contributed by atoms with van der Waals surface area (Å²) >= 11 is 0. The molecule has 7 nitrogen and oxygen atoms in total. The van der Waals surface area contributed by atoms with Crippen LogP contribution in [0.1, 0.15) is 43.7 Å². The van der Waals surface area contributed by atoms with Crippen molar-refractivity contribution in [2.45, 2.75) is 50.5 Å². The Kier molecular flexibility index (Phi) is 7.14. The maximum Gasteiger partial charge on any atom is 0.243 e. The third-order valence-corrected chi connectivity index (χ3v) is 8.45. The maximum absolute atomic E-state index is 13.3. The highest BCUT2D eigenvalue weighted by Crippen LogP contribution is 2.29. The highest BCUT2D eigenvalue weighted by Gasteiger charge is 2.34. The fraction of sp³-hybridized carbons (Fsp3) is 0.440. The van der Waals surface area contributed by atoms with Gasteiger partial charge < -0.3 is 10.2 Å². The van der Waals surface area contributed by atoms with Crippen LogP contribution >= 0.6 is 0 Å². The minimum atomic E-state index is -3.65. The topological polar surface area (TPSA) is 86.8 Å². The molecule has 2 aliphatic heterocycles. The van der Waals surface area contributed by atoms with Crippen LogP contribution < -0.4 is 5.32 Å². The number of aryl methyl sites for hydroxylation is 1. The second-order valence-corrected chi connectivity index (χ2v) is 10.7. The smallest absolute Gasteiger partial charge is 0.243 e. The Bertz CT molecular complexity index is 1110. The van der Waals surface area contributed by atoms with E-state index >= 15 is 0 Å². The van der Waals surface area contributed by atoms with E-state index in [2.05, 4.69) is 5.32 Å². The predicted molar refractivity (Wildman–Crippen MR) is 127 cm³/mol. The van der Waals surface area contributed by atoms with Crippen LogP contribution in [0.3, 0.4) is 0 Å². The highest BCUT2D eigenvalue weighted by molar-refractivity contribution is 7.89. The number of hydrogen-bond acceptors (Lipinski definition) is 4. The van der Waals surface area contributed by atoms with Crippen molar-refractivity contribution in [2.75, 3.05) is 25.0 Å². The average molecular weight is 470 g/mol. The molecule has 176 valence electrons. The van der Waals surface area contributed by atoms with Gasteiger partial charge >= 0.3 is 0 Å². The monoisotopic (exact) mass is 469 g/mol. The number of carbonyl (C=O) groups excluding carboxylic acids is 2. The normalized spacial score (nSPS) is 17.7. The van der Waals surface area contributed by atoms with Gasteiger partial charge in [0.05, 0.1) is 4.90 Å². The van der Waals surface area contributed by atoms with Crippen molar-refractivity contribution < 1.29 is 18.0 Å². The molecule has 2 aromatic carbocycles. The number of anilines is 1. The minimum Gasteiger partial charge on any atom is -0.338 e. The van der Waals surface area contributed by atoms with Gasteiger partial charge in [-0.05, 0) is 61.9 Å². The van der Waals surface area contributed by atoms with Gasteiger partial charge in [0.1, 0.15) is 0 Å². The van der Waals surface area contributed by atoms with Crippen molar-refractivity contribution in [1.82, 2.24) is 9.21 Å². The van der Waals surface area contributed by atoms with Crippen LogP contribution in [0.15, 0.2) is 53.4 Å². The molecule has 2 heterocycles. The molecule has 1 N–H and O–H groups in total. The molecule has 0 atom stereocenters. The lowest BCUT2D eigenvalue weighted by molar-refractivity contribution is -0.137. The predicted octanol–water partition coefficient (Wildman–Crippen LogP) is 3.41. The lowest BCUT2D eigenvalue weighted by Gasteiger charge is -2.33. The standard InChI is InChI=1S/C25H31N3O4S/c1-2-27(18-19-7-4-3-5-8-19)25(30)20-13-15-28(16-14-20)33(31,32)22-11-12-23-21(17-22)9-6-10-24(29)26-23/h3-5,7-8,11-12,17,20H,2,6,9-10,13-16,18H2,1H3,(H,26,29). The van der Waals surface area contributed by atoms with Crippen molar-refractivity contribution in [3.63, 3.8) is 0 Å². The van der Waals surface area contributed by atoms with Crippen molar-refractivity contribution in [3.05, 3.63) is 59.7 Å². The molecule has 1 saturated heterocycles. The van der Waals surface area contributed by atoms with E-state index in [9.17, 15) is 18.0 Å². The second kappa shape index (κ2) is 10.1. The number of benzene rings is 2. The van der Waals surface area contributed by atoms with E-state index in [0.29, 0.717) is 64.0 Å².